The lowest BCUT2D eigenvalue weighted by Crippen LogP contribution is -2.23. The van der Waals surface area contributed by atoms with Gasteiger partial charge in [0.05, 0.1) is 35.1 Å². The molecule has 200 valence electrons. The van der Waals surface area contributed by atoms with Crippen molar-refractivity contribution in [2.24, 2.45) is 7.05 Å². The van der Waals surface area contributed by atoms with Crippen LogP contribution in [0.5, 0.6) is 0 Å². The standard InChI is InChI=1S/C27H24F3N7O2/c1-13-19(12-36(3)35-13)24-23-18-8-15(4-6-20(18)34-25(31)22(23)14(2)39-24)26(38)32-9-17-11-37-10-16(27(28,29)30)5-7-21(37)33-17/h4-8,10-12,14,24H,9H2,1-3H3,(H2,31,34)(H,32,38)/t14-,24?/m0/s1. The zero-order valence-electron chi connectivity index (χ0n) is 21.2. The third-order valence-corrected chi connectivity index (χ3v) is 6.96. The molecular formula is C27H24F3N7O2. The third kappa shape index (κ3) is 4.26. The van der Waals surface area contributed by atoms with E-state index in [0.717, 1.165) is 40.0 Å². The van der Waals surface area contributed by atoms with Crippen LogP contribution in [0.4, 0.5) is 19.0 Å². The summed E-state index contributed by atoms with van der Waals surface area (Å²) in [5, 5.41) is 8.00. The number of fused-ring (bicyclic) bond motifs is 4. The van der Waals surface area contributed by atoms with Crippen LogP contribution in [0.25, 0.3) is 16.6 Å². The van der Waals surface area contributed by atoms with Crippen molar-refractivity contribution in [3.63, 3.8) is 0 Å². The summed E-state index contributed by atoms with van der Waals surface area (Å²) in [6.07, 6.45) is -0.835. The molecule has 0 bridgehead atoms. The largest absolute Gasteiger partial charge is 0.417 e. The smallest absolute Gasteiger partial charge is 0.383 e. The Balaban J connectivity index is 1.31. The number of nitrogens with zero attached hydrogens (tertiary/aromatic N) is 5. The van der Waals surface area contributed by atoms with Gasteiger partial charge < -0.3 is 20.2 Å². The van der Waals surface area contributed by atoms with Gasteiger partial charge in [-0.1, -0.05) is 0 Å². The van der Waals surface area contributed by atoms with E-state index >= 15 is 0 Å². The number of amides is 1. The number of carbonyl (C=O) groups excluding carboxylic acids is 1. The van der Waals surface area contributed by atoms with Crippen molar-refractivity contribution < 1.29 is 22.7 Å². The van der Waals surface area contributed by atoms with Crippen LogP contribution in [0.3, 0.4) is 0 Å². The Morgan fingerprint density at radius 2 is 1.92 bits per heavy atom. The highest BCUT2D eigenvalue weighted by Gasteiger charge is 2.36. The van der Waals surface area contributed by atoms with Crippen molar-refractivity contribution in [2.45, 2.75) is 38.8 Å². The fourth-order valence-corrected chi connectivity index (χ4v) is 5.19. The van der Waals surface area contributed by atoms with Gasteiger partial charge in [-0.15, -0.1) is 0 Å². The zero-order valence-corrected chi connectivity index (χ0v) is 21.2. The van der Waals surface area contributed by atoms with Gasteiger partial charge in [0.15, 0.2) is 0 Å². The predicted octanol–water partition coefficient (Wildman–Crippen LogP) is 4.64. The van der Waals surface area contributed by atoms with Gasteiger partial charge in [-0.05, 0) is 44.2 Å². The number of alkyl halides is 3. The van der Waals surface area contributed by atoms with Crippen molar-refractivity contribution in [1.82, 2.24) is 29.5 Å². The van der Waals surface area contributed by atoms with E-state index in [-0.39, 0.29) is 18.6 Å². The van der Waals surface area contributed by atoms with E-state index in [4.69, 9.17) is 10.5 Å². The Morgan fingerprint density at radius 3 is 2.64 bits per heavy atom. The molecule has 4 aromatic heterocycles. The predicted molar refractivity (Wildman–Crippen MR) is 137 cm³/mol. The first-order chi connectivity index (χ1) is 18.5. The van der Waals surface area contributed by atoms with E-state index in [0.29, 0.717) is 28.2 Å². The minimum atomic E-state index is -4.46. The highest BCUT2D eigenvalue weighted by atomic mass is 19.4. The minimum Gasteiger partial charge on any atom is -0.383 e. The average Bonchev–Trinajstić information content (AvgIpc) is 3.55. The van der Waals surface area contributed by atoms with E-state index in [9.17, 15) is 18.0 Å². The lowest BCUT2D eigenvalue weighted by Gasteiger charge is -2.14. The van der Waals surface area contributed by atoms with Gasteiger partial charge in [0.25, 0.3) is 5.91 Å². The molecule has 39 heavy (non-hydrogen) atoms. The number of pyridine rings is 2. The highest BCUT2D eigenvalue weighted by Crippen LogP contribution is 2.48. The van der Waals surface area contributed by atoms with E-state index in [1.807, 2.05) is 27.1 Å². The van der Waals surface area contributed by atoms with Crippen molar-refractivity contribution in [2.75, 3.05) is 5.73 Å². The number of benzene rings is 1. The molecule has 0 radical (unpaired) electrons. The monoisotopic (exact) mass is 535 g/mol. The van der Waals surface area contributed by atoms with Crippen LogP contribution < -0.4 is 11.1 Å². The number of hydrogen-bond acceptors (Lipinski definition) is 6. The molecule has 1 aromatic carbocycles. The Kier molecular flexibility index (Phi) is 5.61. The molecule has 0 fully saturated rings. The van der Waals surface area contributed by atoms with Gasteiger partial charge in [0.2, 0.25) is 0 Å². The molecule has 0 aliphatic carbocycles. The summed E-state index contributed by atoms with van der Waals surface area (Å²) < 4.78 is 48.4. The fourth-order valence-electron chi connectivity index (χ4n) is 5.19. The van der Waals surface area contributed by atoms with E-state index in [1.54, 1.807) is 22.9 Å². The number of halogens is 3. The molecule has 3 N–H and O–H groups in total. The maximum absolute atomic E-state index is 13.1. The second-order valence-corrected chi connectivity index (χ2v) is 9.65. The van der Waals surface area contributed by atoms with Crippen LogP contribution in [0, 0.1) is 6.92 Å². The highest BCUT2D eigenvalue weighted by molar-refractivity contribution is 5.99. The molecule has 0 saturated heterocycles. The molecule has 6 rings (SSSR count). The molecule has 12 heteroatoms. The van der Waals surface area contributed by atoms with Gasteiger partial charge in [-0.25, -0.2) is 9.97 Å². The quantitative estimate of drug-likeness (QED) is 0.347. The average molecular weight is 536 g/mol. The van der Waals surface area contributed by atoms with E-state index in [2.05, 4.69) is 20.4 Å². The molecule has 1 aliphatic heterocycles. The normalized spacial score (nSPS) is 17.2. The zero-order chi connectivity index (χ0) is 27.6. The molecule has 1 unspecified atom stereocenters. The van der Waals surface area contributed by atoms with Crippen LogP contribution in [0.15, 0.2) is 48.9 Å². The number of rotatable bonds is 4. The summed E-state index contributed by atoms with van der Waals surface area (Å²) in [6, 6.07) is 7.42. The number of nitrogens with one attached hydrogen (secondary N) is 1. The van der Waals surface area contributed by atoms with Crippen LogP contribution in [0.2, 0.25) is 0 Å². The SMILES string of the molecule is Cc1nn(C)cc1C1O[C@@H](C)c2c(N)nc3ccc(C(=O)NCc4cn5cc(C(F)(F)F)ccc5n4)cc3c21. The first kappa shape index (κ1) is 24.9. The Morgan fingerprint density at radius 1 is 1.13 bits per heavy atom. The lowest BCUT2D eigenvalue weighted by atomic mass is 9.93. The second-order valence-electron chi connectivity index (χ2n) is 9.65. The van der Waals surface area contributed by atoms with Crippen molar-refractivity contribution in [1.29, 1.82) is 0 Å². The topological polar surface area (TPSA) is 112 Å². The molecular weight excluding hydrogens is 511 g/mol. The molecule has 0 spiro atoms. The molecule has 1 amide bonds. The van der Waals surface area contributed by atoms with Gasteiger partial charge >= 0.3 is 6.18 Å². The summed E-state index contributed by atoms with van der Waals surface area (Å²) in [5.74, 6) is 0.0170. The summed E-state index contributed by atoms with van der Waals surface area (Å²) in [7, 11) is 1.84. The molecule has 1 aliphatic rings. The van der Waals surface area contributed by atoms with E-state index < -0.39 is 17.8 Å². The fraction of sp³-hybridized carbons (Fsp3) is 0.259. The van der Waals surface area contributed by atoms with Gasteiger partial charge in [-0.3, -0.25) is 9.48 Å². The van der Waals surface area contributed by atoms with E-state index in [1.165, 1.54) is 16.7 Å². The molecule has 5 heterocycles. The number of ether oxygens (including phenoxy) is 1. The number of imidazole rings is 1. The maximum Gasteiger partial charge on any atom is 0.417 e. The van der Waals surface area contributed by atoms with Gasteiger partial charge in [-0.2, -0.15) is 18.3 Å². The number of nitrogens with two attached hydrogens (primary N) is 1. The third-order valence-electron chi connectivity index (χ3n) is 6.96. The van der Waals surface area contributed by atoms with Crippen LogP contribution >= 0.6 is 0 Å². The van der Waals surface area contributed by atoms with Crippen LogP contribution in [0.1, 0.15) is 63.1 Å². The number of nitrogen functional groups attached to an aromatic ring is 1. The summed E-state index contributed by atoms with van der Waals surface area (Å²) >= 11 is 0. The summed E-state index contributed by atoms with van der Waals surface area (Å²) in [6.45, 7) is 3.86. The number of carbonyl (C=O) groups is 1. The van der Waals surface area contributed by atoms with Gasteiger partial charge in [0, 0.05) is 53.3 Å². The van der Waals surface area contributed by atoms with Crippen molar-refractivity contribution in [3.05, 3.63) is 88.1 Å². The maximum atomic E-state index is 13.1. The van der Waals surface area contributed by atoms with Crippen LogP contribution in [-0.4, -0.2) is 30.1 Å². The summed E-state index contributed by atoms with van der Waals surface area (Å²) in [4.78, 5) is 22.0. The second kappa shape index (κ2) is 8.80. The Labute approximate surface area is 220 Å². The first-order valence-corrected chi connectivity index (χ1v) is 12.2. The molecule has 2 atom stereocenters. The molecule has 5 aromatic rings. The number of aryl methyl sites for hydroxylation is 2. The van der Waals surface area contributed by atoms with Crippen LogP contribution in [-0.2, 0) is 24.5 Å². The lowest BCUT2D eigenvalue weighted by molar-refractivity contribution is -0.137. The van der Waals surface area contributed by atoms with Gasteiger partial charge in [0.1, 0.15) is 17.6 Å². The molecule has 0 saturated carbocycles. The number of hydrogen-bond donors (Lipinski definition) is 2. The molecule has 9 nitrogen and oxygen atoms in total. The number of aromatic nitrogens is 5. The Hall–Kier alpha value is -4.45. The van der Waals surface area contributed by atoms with Crippen molar-refractivity contribution in [3.8, 4) is 0 Å². The summed E-state index contributed by atoms with van der Waals surface area (Å²) in [5.41, 5.74) is 10.7. The van der Waals surface area contributed by atoms with Crippen molar-refractivity contribution >= 4 is 28.3 Å². The minimum absolute atomic E-state index is 0.0373. The first-order valence-electron chi connectivity index (χ1n) is 12.2. The Bertz CT molecular complexity index is 1770. The number of anilines is 1.